The molecule has 1 aliphatic rings. The monoisotopic (exact) mass is 437 g/mol. The molecule has 1 saturated heterocycles. The van der Waals surface area contributed by atoms with Crippen molar-refractivity contribution in [1.29, 1.82) is 0 Å². The van der Waals surface area contributed by atoms with Gasteiger partial charge in [-0.3, -0.25) is 9.36 Å². The lowest BCUT2D eigenvalue weighted by Crippen LogP contribution is -2.47. The van der Waals surface area contributed by atoms with Crippen molar-refractivity contribution in [2.45, 2.75) is 12.1 Å². The average molecular weight is 438 g/mol. The molecule has 0 N–H and O–H groups in total. The molecular formula is C23H27N5O2S. The van der Waals surface area contributed by atoms with E-state index in [0.717, 1.165) is 49.0 Å². The summed E-state index contributed by atoms with van der Waals surface area (Å²) >= 11 is 1.43. The highest BCUT2D eigenvalue weighted by Gasteiger charge is 2.21. The van der Waals surface area contributed by atoms with E-state index in [2.05, 4.69) is 22.1 Å². The highest BCUT2D eigenvalue weighted by atomic mass is 32.2. The number of amides is 1. The van der Waals surface area contributed by atoms with Gasteiger partial charge >= 0.3 is 0 Å². The molecule has 0 spiro atoms. The van der Waals surface area contributed by atoms with Gasteiger partial charge in [0.05, 0.1) is 12.4 Å². The van der Waals surface area contributed by atoms with Gasteiger partial charge in [-0.15, -0.1) is 10.2 Å². The van der Waals surface area contributed by atoms with Crippen LogP contribution in [0.3, 0.4) is 0 Å². The SMILES string of the molecule is CCOc1ccc(-n2c(SCC(=O)N3CCN(C)CC3)nnc2-c2ccccc2)cc1. The Kier molecular flexibility index (Phi) is 6.89. The Labute approximate surface area is 187 Å². The number of carbonyl (C=O) groups is 1. The zero-order valence-electron chi connectivity index (χ0n) is 17.9. The summed E-state index contributed by atoms with van der Waals surface area (Å²) in [6, 6.07) is 17.8. The molecule has 1 aromatic heterocycles. The lowest BCUT2D eigenvalue weighted by molar-refractivity contribution is -0.129. The first-order valence-corrected chi connectivity index (χ1v) is 11.5. The minimum atomic E-state index is 0.139. The molecule has 3 aromatic rings. The van der Waals surface area contributed by atoms with Gasteiger partial charge in [-0.25, -0.2) is 0 Å². The molecule has 1 aliphatic heterocycles. The molecule has 8 heteroatoms. The molecule has 7 nitrogen and oxygen atoms in total. The number of hydrogen-bond acceptors (Lipinski definition) is 6. The first-order valence-electron chi connectivity index (χ1n) is 10.5. The summed E-state index contributed by atoms with van der Waals surface area (Å²) in [5, 5.41) is 9.57. The van der Waals surface area contributed by atoms with Gasteiger partial charge in [-0.1, -0.05) is 42.1 Å². The molecule has 2 aromatic carbocycles. The minimum Gasteiger partial charge on any atom is -0.494 e. The van der Waals surface area contributed by atoms with Gasteiger partial charge in [0, 0.05) is 37.4 Å². The second kappa shape index (κ2) is 9.98. The van der Waals surface area contributed by atoms with E-state index in [4.69, 9.17) is 4.74 Å². The zero-order valence-corrected chi connectivity index (χ0v) is 18.7. The van der Waals surface area contributed by atoms with E-state index in [1.807, 2.05) is 71.0 Å². The molecular weight excluding hydrogens is 410 g/mol. The zero-order chi connectivity index (χ0) is 21.6. The van der Waals surface area contributed by atoms with Gasteiger partial charge in [0.2, 0.25) is 5.91 Å². The van der Waals surface area contributed by atoms with E-state index >= 15 is 0 Å². The van der Waals surface area contributed by atoms with Crippen LogP contribution in [0.1, 0.15) is 6.92 Å². The first kappa shape index (κ1) is 21.4. The van der Waals surface area contributed by atoms with Crippen molar-refractivity contribution in [3.8, 4) is 22.8 Å². The Hall–Kier alpha value is -2.84. The maximum atomic E-state index is 12.7. The van der Waals surface area contributed by atoms with Crippen molar-refractivity contribution >= 4 is 17.7 Å². The largest absolute Gasteiger partial charge is 0.494 e. The fourth-order valence-electron chi connectivity index (χ4n) is 3.50. The topological polar surface area (TPSA) is 63.5 Å². The van der Waals surface area contributed by atoms with E-state index in [9.17, 15) is 4.79 Å². The van der Waals surface area contributed by atoms with Crippen LogP contribution >= 0.6 is 11.8 Å². The van der Waals surface area contributed by atoms with Crippen LogP contribution in [0, 0.1) is 0 Å². The maximum Gasteiger partial charge on any atom is 0.233 e. The lowest BCUT2D eigenvalue weighted by Gasteiger charge is -2.32. The van der Waals surface area contributed by atoms with Crippen LogP contribution < -0.4 is 4.74 Å². The van der Waals surface area contributed by atoms with Crippen LogP contribution in [-0.2, 0) is 4.79 Å². The molecule has 0 unspecified atom stereocenters. The first-order chi connectivity index (χ1) is 15.2. The van der Waals surface area contributed by atoms with Crippen LogP contribution in [0.25, 0.3) is 17.1 Å². The molecule has 4 rings (SSSR count). The van der Waals surface area contributed by atoms with Gasteiger partial charge in [0.15, 0.2) is 11.0 Å². The molecule has 162 valence electrons. The highest BCUT2D eigenvalue weighted by molar-refractivity contribution is 7.99. The van der Waals surface area contributed by atoms with E-state index in [0.29, 0.717) is 17.5 Å². The van der Waals surface area contributed by atoms with Gasteiger partial charge < -0.3 is 14.5 Å². The summed E-state index contributed by atoms with van der Waals surface area (Å²) in [4.78, 5) is 16.9. The van der Waals surface area contributed by atoms with Gasteiger partial charge in [0.25, 0.3) is 0 Å². The summed E-state index contributed by atoms with van der Waals surface area (Å²) in [7, 11) is 2.08. The molecule has 1 fully saturated rings. The number of thioether (sulfide) groups is 1. The molecule has 1 amide bonds. The van der Waals surface area contributed by atoms with Gasteiger partial charge in [-0.2, -0.15) is 0 Å². The van der Waals surface area contributed by atoms with E-state index in [1.165, 1.54) is 11.8 Å². The van der Waals surface area contributed by atoms with E-state index in [-0.39, 0.29) is 5.91 Å². The quantitative estimate of drug-likeness (QED) is 0.529. The third kappa shape index (κ3) is 5.08. The Morgan fingerprint density at radius 2 is 1.71 bits per heavy atom. The third-order valence-electron chi connectivity index (χ3n) is 5.25. The molecule has 0 bridgehead atoms. The normalized spacial score (nSPS) is 14.6. The molecule has 0 radical (unpaired) electrons. The Morgan fingerprint density at radius 1 is 1.00 bits per heavy atom. The predicted octanol–water partition coefficient (Wildman–Crippen LogP) is 3.20. The van der Waals surface area contributed by atoms with Crippen molar-refractivity contribution in [2.75, 3.05) is 45.6 Å². The number of hydrogen-bond donors (Lipinski definition) is 0. The molecule has 0 atom stereocenters. The highest BCUT2D eigenvalue weighted by Crippen LogP contribution is 2.29. The number of rotatable bonds is 7. The molecule has 0 aliphatic carbocycles. The van der Waals surface area contributed by atoms with Gasteiger partial charge in [-0.05, 0) is 38.2 Å². The molecule has 2 heterocycles. The fraction of sp³-hybridized carbons (Fsp3) is 0.348. The molecule has 0 saturated carbocycles. The predicted molar refractivity (Wildman–Crippen MR) is 123 cm³/mol. The van der Waals surface area contributed by atoms with Crippen LogP contribution in [0.2, 0.25) is 0 Å². The fourth-order valence-corrected chi connectivity index (χ4v) is 4.36. The van der Waals surface area contributed by atoms with Gasteiger partial charge in [0.1, 0.15) is 5.75 Å². The van der Waals surface area contributed by atoms with Crippen molar-refractivity contribution in [3.63, 3.8) is 0 Å². The molecule has 31 heavy (non-hydrogen) atoms. The number of ether oxygens (including phenoxy) is 1. The average Bonchev–Trinajstić information content (AvgIpc) is 3.23. The van der Waals surface area contributed by atoms with E-state index in [1.54, 1.807) is 0 Å². The summed E-state index contributed by atoms with van der Waals surface area (Å²) in [6.07, 6.45) is 0. The number of benzene rings is 2. The van der Waals surface area contributed by atoms with Crippen LogP contribution in [0.5, 0.6) is 5.75 Å². The number of carbonyl (C=O) groups excluding carboxylic acids is 1. The smallest absolute Gasteiger partial charge is 0.233 e. The summed E-state index contributed by atoms with van der Waals surface area (Å²) in [5.41, 5.74) is 1.91. The van der Waals surface area contributed by atoms with Crippen molar-refractivity contribution in [3.05, 3.63) is 54.6 Å². The Morgan fingerprint density at radius 3 is 2.39 bits per heavy atom. The van der Waals surface area contributed by atoms with Crippen LogP contribution in [-0.4, -0.2) is 76.1 Å². The van der Waals surface area contributed by atoms with Crippen molar-refractivity contribution in [1.82, 2.24) is 24.6 Å². The lowest BCUT2D eigenvalue weighted by atomic mass is 10.2. The van der Waals surface area contributed by atoms with E-state index < -0.39 is 0 Å². The second-order valence-corrected chi connectivity index (χ2v) is 8.35. The maximum absolute atomic E-state index is 12.7. The Bertz CT molecular complexity index is 999. The number of likely N-dealkylation sites (N-methyl/N-ethyl adjacent to an activating group) is 1. The summed E-state index contributed by atoms with van der Waals surface area (Å²) < 4.78 is 7.58. The summed E-state index contributed by atoms with van der Waals surface area (Å²) in [6.45, 7) is 5.96. The number of aromatic nitrogens is 3. The number of piperazine rings is 1. The van der Waals surface area contributed by atoms with Crippen molar-refractivity contribution < 1.29 is 9.53 Å². The van der Waals surface area contributed by atoms with Crippen LogP contribution in [0.4, 0.5) is 0 Å². The summed E-state index contributed by atoms with van der Waals surface area (Å²) in [5.74, 6) is 2.05. The Balaban J connectivity index is 1.58. The third-order valence-corrected chi connectivity index (χ3v) is 6.17. The van der Waals surface area contributed by atoms with Crippen LogP contribution in [0.15, 0.2) is 59.8 Å². The standard InChI is InChI=1S/C23H27N5O2S/c1-3-30-20-11-9-19(10-12-20)28-22(18-7-5-4-6-8-18)24-25-23(28)31-17-21(29)27-15-13-26(2)14-16-27/h4-12H,3,13-17H2,1-2H3. The number of nitrogens with zero attached hydrogens (tertiary/aromatic N) is 5. The second-order valence-electron chi connectivity index (χ2n) is 7.41. The minimum absolute atomic E-state index is 0.139. The van der Waals surface area contributed by atoms with Crippen molar-refractivity contribution in [2.24, 2.45) is 0 Å².